The van der Waals surface area contributed by atoms with Crippen molar-refractivity contribution in [3.63, 3.8) is 0 Å². The molecule has 0 radical (unpaired) electrons. The van der Waals surface area contributed by atoms with Gasteiger partial charge in [0.15, 0.2) is 0 Å². The smallest absolute Gasteiger partial charge is 0.139 e. The Morgan fingerprint density at radius 3 is 2.90 bits per heavy atom. The van der Waals surface area contributed by atoms with Gasteiger partial charge in [0.25, 0.3) is 0 Å². The summed E-state index contributed by atoms with van der Waals surface area (Å²) in [6.07, 6.45) is 1.60. The third-order valence-electron chi connectivity index (χ3n) is 3.79. The molecule has 1 aliphatic rings. The third-order valence-corrected chi connectivity index (χ3v) is 4.03. The highest BCUT2D eigenvalue weighted by Gasteiger charge is 2.13. The summed E-state index contributed by atoms with van der Waals surface area (Å²) in [5.74, 6) is 0.949. The number of rotatable bonds is 4. The van der Waals surface area contributed by atoms with Crippen LogP contribution in [0.15, 0.2) is 24.5 Å². The molecule has 1 saturated heterocycles. The van der Waals surface area contributed by atoms with Crippen LogP contribution in [0.3, 0.4) is 0 Å². The van der Waals surface area contributed by atoms with Gasteiger partial charge in [-0.05, 0) is 18.2 Å². The summed E-state index contributed by atoms with van der Waals surface area (Å²) in [4.78, 5) is 13.3. The second-order valence-electron chi connectivity index (χ2n) is 5.23. The van der Waals surface area contributed by atoms with E-state index in [0.717, 1.165) is 56.1 Å². The van der Waals surface area contributed by atoms with Gasteiger partial charge in [0.2, 0.25) is 0 Å². The minimum Gasteiger partial charge on any atom is -0.379 e. The van der Waals surface area contributed by atoms with E-state index in [2.05, 4.69) is 26.8 Å². The Morgan fingerprint density at radius 2 is 2.10 bits per heavy atom. The summed E-state index contributed by atoms with van der Waals surface area (Å²) in [7, 11) is 2.07. The van der Waals surface area contributed by atoms with Crippen molar-refractivity contribution in [3.8, 4) is 0 Å². The van der Waals surface area contributed by atoms with Crippen molar-refractivity contribution in [1.29, 1.82) is 0 Å². The standard InChI is InChI=1S/C15H19ClN4O/c1-19(4-5-20-6-8-21-9-7-20)15-13-3-2-12(16)10-14(13)17-11-18-15/h2-3,10-11H,4-9H2,1H3. The zero-order valence-corrected chi connectivity index (χ0v) is 12.9. The quantitative estimate of drug-likeness (QED) is 0.865. The second kappa shape index (κ2) is 6.56. The fourth-order valence-corrected chi connectivity index (χ4v) is 2.71. The summed E-state index contributed by atoms with van der Waals surface area (Å²) in [6, 6.07) is 5.74. The molecule has 1 aromatic heterocycles. The van der Waals surface area contributed by atoms with Crippen LogP contribution in [0.2, 0.25) is 5.02 Å². The zero-order valence-electron chi connectivity index (χ0n) is 12.1. The van der Waals surface area contributed by atoms with Crippen molar-refractivity contribution in [2.45, 2.75) is 0 Å². The number of likely N-dealkylation sites (N-methyl/N-ethyl adjacent to an activating group) is 1. The monoisotopic (exact) mass is 306 g/mol. The molecule has 1 aliphatic heterocycles. The molecule has 0 spiro atoms. The van der Waals surface area contributed by atoms with Crippen LogP contribution in [-0.2, 0) is 4.74 Å². The summed E-state index contributed by atoms with van der Waals surface area (Å²) >= 11 is 6.02. The molecule has 2 heterocycles. The first kappa shape index (κ1) is 14.5. The number of ether oxygens (including phenoxy) is 1. The number of benzene rings is 1. The average molecular weight is 307 g/mol. The first-order chi connectivity index (χ1) is 10.2. The van der Waals surface area contributed by atoms with E-state index in [1.54, 1.807) is 6.33 Å². The van der Waals surface area contributed by atoms with Crippen molar-refractivity contribution in [1.82, 2.24) is 14.9 Å². The van der Waals surface area contributed by atoms with Gasteiger partial charge in [0.05, 0.1) is 18.7 Å². The summed E-state index contributed by atoms with van der Waals surface area (Å²) in [5.41, 5.74) is 0.880. The maximum Gasteiger partial charge on any atom is 0.139 e. The number of halogens is 1. The number of hydrogen-bond donors (Lipinski definition) is 0. The molecule has 1 fully saturated rings. The highest BCUT2D eigenvalue weighted by atomic mass is 35.5. The molecule has 0 aliphatic carbocycles. The van der Waals surface area contributed by atoms with Gasteiger partial charge >= 0.3 is 0 Å². The second-order valence-corrected chi connectivity index (χ2v) is 5.67. The van der Waals surface area contributed by atoms with Crippen LogP contribution in [0, 0.1) is 0 Å². The van der Waals surface area contributed by atoms with E-state index in [1.165, 1.54) is 0 Å². The van der Waals surface area contributed by atoms with Crippen molar-refractivity contribution >= 4 is 28.3 Å². The van der Waals surface area contributed by atoms with E-state index in [-0.39, 0.29) is 0 Å². The molecule has 21 heavy (non-hydrogen) atoms. The molecule has 0 unspecified atom stereocenters. The number of fused-ring (bicyclic) bond motifs is 1. The maximum atomic E-state index is 6.02. The SMILES string of the molecule is CN(CCN1CCOCC1)c1ncnc2cc(Cl)ccc12. The number of hydrogen-bond acceptors (Lipinski definition) is 5. The van der Waals surface area contributed by atoms with E-state index >= 15 is 0 Å². The molecule has 1 aromatic carbocycles. The van der Waals surface area contributed by atoms with Gasteiger partial charge in [0.1, 0.15) is 12.1 Å². The molecule has 0 atom stereocenters. The van der Waals surface area contributed by atoms with Gasteiger partial charge in [-0.15, -0.1) is 0 Å². The summed E-state index contributed by atoms with van der Waals surface area (Å²) in [6.45, 7) is 5.62. The maximum absolute atomic E-state index is 6.02. The number of aromatic nitrogens is 2. The highest BCUT2D eigenvalue weighted by Crippen LogP contribution is 2.24. The molecule has 2 aromatic rings. The van der Waals surface area contributed by atoms with Crippen molar-refractivity contribution in [3.05, 3.63) is 29.5 Å². The van der Waals surface area contributed by atoms with Crippen molar-refractivity contribution in [2.75, 3.05) is 51.3 Å². The number of morpholine rings is 1. The predicted octanol–water partition coefficient (Wildman–Crippen LogP) is 2.05. The van der Waals surface area contributed by atoms with Crippen LogP contribution < -0.4 is 4.90 Å². The molecule has 0 amide bonds. The van der Waals surface area contributed by atoms with Crippen molar-refractivity contribution < 1.29 is 4.74 Å². The van der Waals surface area contributed by atoms with Gasteiger partial charge in [-0.25, -0.2) is 9.97 Å². The summed E-state index contributed by atoms with van der Waals surface area (Å²) in [5, 5.41) is 1.73. The third kappa shape index (κ3) is 3.43. The Hall–Kier alpha value is -1.43. The van der Waals surface area contributed by atoms with Crippen LogP contribution in [-0.4, -0.2) is 61.3 Å². The lowest BCUT2D eigenvalue weighted by molar-refractivity contribution is 0.0393. The van der Waals surface area contributed by atoms with Gasteiger partial charge in [-0.3, -0.25) is 4.90 Å². The first-order valence-electron chi connectivity index (χ1n) is 7.15. The minimum absolute atomic E-state index is 0.697. The fraction of sp³-hybridized carbons (Fsp3) is 0.467. The van der Waals surface area contributed by atoms with Crippen LogP contribution in [0.4, 0.5) is 5.82 Å². The lowest BCUT2D eigenvalue weighted by Crippen LogP contribution is -2.40. The number of nitrogens with zero attached hydrogens (tertiary/aromatic N) is 4. The topological polar surface area (TPSA) is 41.5 Å². The van der Waals surface area contributed by atoms with Gasteiger partial charge in [-0.2, -0.15) is 0 Å². The van der Waals surface area contributed by atoms with Crippen LogP contribution >= 0.6 is 11.6 Å². The molecule has 3 rings (SSSR count). The van der Waals surface area contributed by atoms with Crippen LogP contribution in [0.1, 0.15) is 0 Å². The zero-order chi connectivity index (χ0) is 14.7. The average Bonchev–Trinajstić information content (AvgIpc) is 2.52. The lowest BCUT2D eigenvalue weighted by atomic mass is 10.2. The van der Waals surface area contributed by atoms with E-state index in [0.29, 0.717) is 5.02 Å². The van der Waals surface area contributed by atoms with E-state index in [9.17, 15) is 0 Å². The highest BCUT2D eigenvalue weighted by molar-refractivity contribution is 6.31. The Morgan fingerprint density at radius 1 is 1.29 bits per heavy atom. The van der Waals surface area contributed by atoms with Crippen LogP contribution in [0.25, 0.3) is 10.9 Å². The van der Waals surface area contributed by atoms with Crippen LogP contribution in [0.5, 0.6) is 0 Å². The molecular weight excluding hydrogens is 288 g/mol. The summed E-state index contributed by atoms with van der Waals surface area (Å²) < 4.78 is 5.37. The van der Waals surface area contributed by atoms with E-state index in [1.807, 2.05) is 18.2 Å². The Bertz CT molecular complexity index is 616. The molecule has 0 bridgehead atoms. The molecule has 0 N–H and O–H groups in total. The predicted molar refractivity (Wildman–Crippen MR) is 85.1 cm³/mol. The molecule has 5 nitrogen and oxygen atoms in total. The molecule has 112 valence electrons. The number of anilines is 1. The molecule has 0 saturated carbocycles. The Kier molecular flexibility index (Phi) is 4.53. The van der Waals surface area contributed by atoms with E-state index < -0.39 is 0 Å². The van der Waals surface area contributed by atoms with Gasteiger partial charge in [0, 0.05) is 43.6 Å². The van der Waals surface area contributed by atoms with Gasteiger partial charge in [-0.1, -0.05) is 11.6 Å². The Balaban J connectivity index is 1.73. The van der Waals surface area contributed by atoms with E-state index in [4.69, 9.17) is 16.3 Å². The van der Waals surface area contributed by atoms with Crippen molar-refractivity contribution in [2.24, 2.45) is 0 Å². The van der Waals surface area contributed by atoms with Gasteiger partial charge < -0.3 is 9.64 Å². The lowest BCUT2D eigenvalue weighted by Gasteiger charge is -2.29. The first-order valence-corrected chi connectivity index (χ1v) is 7.53. The normalized spacial score (nSPS) is 16.3. The fourth-order valence-electron chi connectivity index (χ4n) is 2.54. The molecular formula is C15H19ClN4O. The Labute approximate surface area is 129 Å². The minimum atomic E-state index is 0.697. The molecule has 6 heteroatoms. The largest absolute Gasteiger partial charge is 0.379 e.